The van der Waals surface area contributed by atoms with Crippen molar-refractivity contribution in [2.24, 2.45) is 5.92 Å². The van der Waals surface area contributed by atoms with Gasteiger partial charge >= 0.3 is 0 Å². The van der Waals surface area contributed by atoms with Crippen molar-refractivity contribution in [3.63, 3.8) is 0 Å². The molecule has 41 heavy (non-hydrogen) atoms. The maximum Gasteiger partial charge on any atom is 0.152 e. The third-order valence-corrected chi connectivity index (χ3v) is 7.66. The van der Waals surface area contributed by atoms with E-state index < -0.39 is 29.8 Å². The van der Waals surface area contributed by atoms with Crippen LogP contribution in [0.4, 0.5) is 0 Å². The van der Waals surface area contributed by atoms with Crippen LogP contribution in [0.1, 0.15) is 22.3 Å². The number of hydrogen-bond acceptors (Lipinski definition) is 5. The van der Waals surface area contributed by atoms with E-state index in [1.165, 1.54) is 0 Å². The number of ether oxygens (including phenoxy) is 4. The highest BCUT2D eigenvalue weighted by atomic mass is 16.6. The van der Waals surface area contributed by atoms with Gasteiger partial charge in [0.05, 0.1) is 45.1 Å². The van der Waals surface area contributed by atoms with Crippen LogP contribution in [0.3, 0.4) is 0 Å². The van der Waals surface area contributed by atoms with Gasteiger partial charge in [0.2, 0.25) is 0 Å². The summed E-state index contributed by atoms with van der Waals surface area (Å²) >= 11 is 0. The van der Waals surface area contributed by atoms with Crippen LogP contribution in [-0.4, -0.2) is 47.3 Å². The molecule has 214 valence electrons. The van der Waals surface area contributed by atoms with E-state index >= 15 is 0 Å². The first-order chi connectivity index (χ1) is 20.2. The summed E-state index contributed by atoms with van der Waals surface area (Å²) in [7, 11) is 0. The van der Waals surface area contributed by atoms with Gasteiger partial charge in [0.15, 0.2) is 6.61 Å². The predicted molar refractivity (Wildman–Crippen MR) is 158 cm³/mol. The monoisotopic (exact) mass is 555 g/mol. The molecule has 3 N–H and O–H groups in total. The highest BCUT2D eigenvalue weighted by Gasteiger charge is 2.63. The summed E-state index contributed by atoms with van der Waals surface area (Å²) in [6.07, 6.45) is -1.98. The lowest BCUT2D eigenvalue weighted by molar-refractivity contribution is -0.181. The van der Waals surface area contributed by atoms with E-state index in [2.05, 4.69) is 0 Å². The zero-order valence-electron chi connectivity index (χ0n) is 23.2. The number of rotatable bonds is 14. The zero-order chi connectivity index (χ0) is 28.3. The zero-order valence-corrected chi connectivity index (χ0v) is 23.2. The van der Waals surface area contributed by atoms with Crippen molar-refractivity contribution in [2.75, 3.05) is 13.2 Å². The van der Waals surface area contributed by atoms with Crippen molar-refractivity contribution < 1.29 is 29.2 Å². The van der Waals surface area contributed by atoms with Crippen LogP contribution in [0.2, 0.25) is 0 Å². The van der Waals surface area contributed by atoms with Gasteiger partial charge in [0, 0.05) is 0 Å². The quantitative estimate of drug-likeness (QED) is 0.221. The first-order valence-electron chi connectivity index (χ1n) is 14.1. The van der Waals surface area contributed by atoms with Crippen LogP contribution in [0.15, 0.2) is 121 Å². The summed E-state index contributed by atoms with van der Waals surface area (Å²) < 4.78 is 25.7. The Hall–Kier alpha value is -3.36. The SMILES string of the molecule is O[C@@]1(COCc2ccccc2)[C@@H](C[OH2+])[C@H](OCc2ccccc2)[C@@H](OCc2ccccc2)[C@@H]1OCc1ccccc1. The van der Waals surface area contributed by atoms with Gasteiger partial charge < -0.3 is 29.2 Å². The normalized spacial score (nSPS) is 24.0. The molecule has 1 aliphatic carbocycles. The van der Waals surface area contributed by atoms with Gasteiger partial charge in [0.25, 0.3) is 0 Å². The Labute approximate surface area is 242 Å². The molecule has 0 heterocycles. The van der Waals surface area contributed by atoms with E-state index in [0.717, 1.165) is 22.3 Å². The Bertz CT molecular complexity index is 1290. The van der Waals surface area contributed by atoms with Gasteiger partial charge in [-0.25, -0.2) is 0 Å². The lowest BCUT2D eigenvalue weighted by Crippen LogP contribution is -2.52. The fraction of sp³-hybridized carbons (Fsp3) is 0.314. The summed E-state index contributed by atoms with van der Waals surface area (Å²) in [5.74, 6) is -0.594. The van der Waals surface area contributed by atoms with Crippen LogP contribution in [0.25, 0.3) is 0 Å². The first-order valence-corrected chi connectivity index (χ1v) is 14.1. The molecule has 0 amide bonds. The van der Waals surface area contributed by atoms with Crippen molar-refractivity contribution in [2.45, 2.75) is 50.3 Å². The van der Waals surface area contributed by atoms with E-state index in [4.69, 9.17) is 24.1 Å². The fourth-order valence-electron chi connectivity index (χ4n) is 5.50. The summed E-state index contributed by atoms with van der Waals surface area (Å²) in [6, 6.07) is 39.6. The Morgan fingerprint density at radius 1 is 0.537 bits per heavy atom. The van der Waals surface area contributed by atoms with E-state index in [-0.39, 0.29) is 19.8 Å². The minimum Gasteiger partial charge on any atom is -0.445 e. The molecule has 1 aliphatic rings. The number of aliphatic hydroxyl groups is 1. The Morgan fingerprint density at radius 3 is 1.37 bits per heavy atom. The van der Waals surface area contributed by atoms with Crippen LogP contribution < -0.4 is 0 Å². The molecule has 0 unspecified atom stereocenters. The molecule has 4 aromatic rings. The summed E-state index contributed by atoms with van der Waals surface area (Å²) in [4.78, 5) is 0. The lowest BCUT2D eigenvalue weighted by atomic mass is 9.89. The molecule has 0 spiro atoms. The van der Waals surface area contributed by atoms with E-state index in [0.29, 0.717) is 19.8 Å². The molecule has 6 nitrogen and oxygen atoms in total. The highest BCUT2D eigenvalue weighted by molar-refractivity contribution is 5.18. The third-order valence-electron chi connectivity index (χ3n) is 7.66. The van der Waals surface area contributed by atoms with Gasteiger partial charge in [-0.05, 0) is 22.3 Å². The first kappa shape index (κ1) is 29.1. The second-order valence-electron chi connectivity index (χ2n) is 10.5. The number of benzene rings is 4. The number of hydrogen-bond donors (Lipinski definition) is 1. The maximum atomic E-state index is 12.4. The van der Waals surface area contributed by atoms with Crippen LogP contribution in [0, 0.1) is 5.92 Å². The molecule has 0 bridgehead atoms. The molecule has 1 saturated carbocycles. The van der Waals surface area contributed by atoms with E-state index in [1.807, 2.05) is 121 Å². The molecule has 6 heteroatoms. The van der Waals surface area contributed by atoms with Gasteiger partial charge in [-0.1, -0.05) is 121 Å². The second-order valence-corrected chi connectivity index (χ2v) is 10.5. The molecule has 5 atom stereocenters. The second kappa shape index (κ2) is 14.5. The molecule has 0 saturated heterocycles. The molecular formula is C35H39O6+. The molecule has 1 fully saturated rings. The minimum atomic E-state index is -1.51. The summed E-state index contributed by atoms with van der Waals surface area (Å²) in [5, 5.41) is 20.9. The summed E-state index contributed by atoms with van der Waals surface area (Å²) in [6.45, 7) is 1.20. The standard InChI is InChI=1S/C35H38O6/c36-21-31-32(39-23-28-15-7-2-8-16-28)33(40-24-29-17-9-3-10-18-29)34(41-25-30-19-11-4-12-20-30)35(31,37)26-38-22-27-13-5-1-6-14-27/h1-20,31-34,36-37H,21-26H2/p+1/t31-,32-,33+,34-,35-/m0/s1. The van der Waals surface area contributed by atoms with Crippen molar-refractivity contribution in [3.05, 3.63) is 144 Å². The topological polar surface area (TPSA) is 80.1 Å². The third kappa shape index (κ3) is 7.49. The van der Waals surface area contributed by atoms with Gasteiger partial charge in [0.1, 0.15) is 17.8 Å². The molecule has 0 radical (unpaired) electrons. The molecular weight excluding hydrogens is 516 g/mol. The Balaban J connectivity index is 1.43. The van der Waals surface area contributed by atoms with Gasteiger partial charge in [-0.3, -0.25) is 0 Å². The van der Waals surface area contributed by atoms with Gasteiger partial charge in [-0.15, -0.1) is 0 Å². The Morgan fingerprint density at radius 2 is 0.927 bits per heavy atom. The van der Waals surface area contributed by atoms with Crippen LogP contribution in [-0.2, 0) is 45.4 Å². The van der Waals surface area contributed by atoms with Crippen molar-refractivity contribution in [1.29, 1.82) is 0 Å². The average Bonchev–Trinajstić information content (AvgIpc) is 3.25. The largest absolute Gasteiger partial charge is 0.445 e. The molecule has 0 aromatic heterocycles. The van der Waals surface area contributed by atoms with Crippen LogP contribution >= 0.6 is 0 Å². The maximum absolute atomic E-state index is 12.4. The molecule has 5 rings (SSSR count). The molecule has 0 aliphatic heterocycles. The van der Waals surface area contributed by atoms with E-state index in [1.54, 1.807) is 0 Å². The smallest absolute Gasteiger partial charge is 0.152 e. The predicted octanol–water partition coefficient (Wildman–Crippen LogP) is 5.04. The summed E-state index contributed by atoms with van der Waals surface area (Å²) in [5.41, 5.74) is 2.50. The van der Waals surface area contributed by atoms with E-state index in [9.17, 15) is 5.11 Å². The average molecular weight is 556 g/mol. The molecule has 4 aromatic carbocycles. The minimum absolute atomic E-state index is 0.0126. The fourth-order valence-corrected chi connectivity index (χ4v) is 5.50. The Kier molecular flexibility index (Phi) is 10.3. The lowest BCUT2D eigenvalue weighted by Gasteiger charge is -2.34. The van der Waals surface area contributed by atoms with Crippen molar-refractivity contribution in [3.8, 4) is 0 Å². The van der Waals surface area contributed by atoms with Crippen LogP contribution in [0.5, 0.6) is 0 Å². The van der Waals surface area contributed by atoms with Crippen molar-refractivity contribution in [1.82, 2.24) is 0 Å². The highest BCUT2D eigenvalue weighted by Crippen LogP contribution is 2.43. The van der Waals surface area contributed by atoms with Gasteiger partial charge in [-0.2, -0.15) is 0 Å². The van der Waals surface area contributed by atoms with Crippen molar-refractivity contribution >= 4 is 0 Å².